The van der Waals surface area contributed by atoms with E-state index in [1.807, 2.05) is 18.2 Å². The van der Waals surface area contributed by atoms with Crippen LogP contribution in [0.2, 0.25) is 0 Å². The average Bonchev–Trinajstić information content (AvgIpc) is 3.50. The van der Waals surface area contributed by atoms with Gasteiger partial charge in [0.1, 0.15) is 11.2 Å². The van der Waals surface area contributed by atoms with E-state index in [4.69, 9.17) is 9.15 Å². The van der Waals surface area contributed by atoms with Crippen molar-refractivity contribution in [3.8, 4) is 44.9 Å². The maximum Gasteiger partial charge on any atom is 0.152 e. The average molecular weight is 592 g/mol. The van der Waals surface area contributed by atoms with Crippen molar-refractivity contribution in [3.63, 3.8) is 0 Å². The second-order valence-electron chi connectivity index (χ2n) is 11.9. The zero-order chi connectivity index (χ0) is 30.6. The van der Waals surface area contributed by atoms with Gasteiger partial charge in [-0.2, -0.15) is 0 Å². The Balaban J connectivity index is 1.06. The van der Waals surface area contributed by atoms with Gasteiger partial charge in [-0.15, -0.1) is 0 Å². The lowest BCUT2D eigenvalue weighted by molar-refractivity contribution is 0.477. The fourth-order valence-corrected chi connectivity index (χ4v) is 6.62. The van der Waals surface area contributed by atoms with Gasteiger partial charge in [-0.3, -0.25) is 0 Å². The Bertz CT molecular complexity index is 2390. The van der Waals surface area contributed by atoms with Gasteiger partial charge >= 0.3 is 0 Å². The van der Waals surface area contributed by atoms with E-state index < -0.39 is 0 Å². The molecule has 3 heteroatoms. The van der Waals surface area contributed by atoms with Crippen LogP contribution in [0.25, 0.3) is 55.3 Å². The highest BCUT2D eigenvalue weighted by Gasteiger charge is 2.26. The molecular formula is C43H29NO2. The van der Waals surface area contributed by atoms with Gasteiger partial charge in [0.15, 0.2) is 11.5 Å². The molecule has 0 fully saturated rings. The quantitative estimate of drug-likeness (QED) is 0.204. The number of benzene rings is 7. The molecule has 218 valence electrons. The Morgan fingerprint density at radius 3 is 1.87 bits per heavy atom. The van der Waals surface area contributed by atoms with E-state index in [9.17, 15) is 0 Å². The molecule has 1 aliphatic heterocycles. The summed E-state index contributed by atoms with van der Waals surface area (Å²) in [6, 6.07) is 55.5. The highest BCUT2D eigenvalue weighted by atomic mass is 16.5. The number of furan rings is 1. The van der Waals surface area contributed by atoms with Crippen molar-refractivity contribution in [3.05, 3.63) is 163 Å². The monoisotopic (exact) mass is 591 g/mol. The maximum absolute atomic E-state index is 6.51. The van der Waals surface area contributed by atoms with Gasteiger partial charge < -0.3 is 14.1 Å². The van der Waals surface area contributed by atoms with Crippen LogP contribution in [-0.2, 0) is 0 Å². The third kappa shape index (κ3) is 4.36. The van der Waals surface area contributed by atoms with Crippen molar-refractivity contribution in [2.24, 2.45) is 0 Å². The number of ether oxygens (including phenoxy) is 1. The predicted molar refractivity (Wildman–Crippen MR) is 190 cm³/mol. The minimum atomic E-state index is 0.846. The summed E-state index contributed by atoms with van der Waals surface area (Å²) >= 11 is 0. The van der Waals surface area contributed by atoms with E-state index in [-0.39, 0.29) is 0 Å². The van der Waals surface area contributed by atoms with Crippen LogP contribution in [0, 0.1) is 6.92 Å². The van der Waals surface area contributed by atoms with Crippen LogP contribution < -0.4 is 9.64 Å². The molecule has 0 radical (unpaired) electrons. The smallest absolute Gasteiger partial charge is 0.152 e. The molecule has 7 aromatic carbocycles. The number of hydrogen-bond donors (Lipinski definition) is 0. The number of fused-ring (bicyclic) bond motifs is 5. The molecule has 1 aliphatic rings. The van der Waals surface area contributed by atoms with Crippen molar-refractivity contribution >= 4 is 39.0 Å². The lowest BCUT2D eigenvalue weighted by Crippen LogP contribution is -2.16. The topological polar surface area (TPSA) is 25.6 Å². The Kier molecular flexibility index (Phi) is 6.04. The van der Waals surface area contributed by atoms with Crippen LogP contribution in [0.15, 0.2) is 162 Å². The third-order valence-corrected chi connectivity index (χ3v) is 8.94. The summed E-state index contributed by atoms with van der Waals surface area (Å²) in [4.78, 5) is 2.29. The van der Waals surface area contributed by atoms with Gasteiger partial charge in [0.25, 0.3) is 0 Å². The fourth-order valence-electron chi connectivity index (χ4n) is 6.62. The summed E-state index contributed by atoms with van der Waals surface area (Å²) in [5.74, 6) is 1.70. The Labute approximate surface area is 267 Å². The molecule has 0 aliphatic carbocycles. The van der Waals surface area contributed by atoms with E-state index in [1.54, 1.807) is 0 Å². The molecule has 2 heterocycles. The Hall–Kier alpha value is -6.06. The highest BCUT2D eigenvalue weighted by Crippen LogP contribution is 2.51. The van der Waals surface area contributed by atoms with E-state index in [0.29, 0.717) is 0 Å². The molecule has 0 atom stereocenters. The van der Waals surface area contributed by atoms with E-state index in [1.165, 1.54) is 5.56 Å². The molecule has 0 saturated carbocycles. The molecule has 0 bridgehead atoms. The van der Waals surface area contributed by atoms with Gasteiger partial charge in [0, 0.05) is 22.0 Å². The third-order valence-electron chi connectivity index (χ3n) is 8.94. The van der Waals surface area contributed by atoms with Gasteiger partial charge in [-0.1, -0.05) is 115 Å². The first kappa shape index (κ1) is 26.4. The molecule has 46 heavy (non-hydrogen) atoms. The first-order valence-electron chi connectivity index (χ1n) is 15.6. The number of hydrogen-bond acceptors (Lipinski definition) is 3. The maximum atomic E-state index is 6.51. The molecule has 0 saturated heterocycles. The van der Waals surface area contributed by atoms with Crippen molar-refractivity contribution < 1.29 is 9.15 Å². The van der Waals surface area contributed by atoms with Crippen molar-refractivity contribution in [1.29, 1.82) is 0 Å². The lowest BCUT2D eigenvalue weighted by Gasteiger charge is -2.33. The van der Waals surface area contributed by atoms with Crippen LogP contribution in [-0.4, -0.2) is 0 Å². The molecule has 3 nitrogen and oxygen atoms in total. The summed E-state index contributed by atoms with van der Waals surface area (Å²) in [7, 11) is 0. The van der Waals surface area contributed by atoms with Crippen molar-refractivity contribution in [1.82, 2.24) is 0 Å². The molecule has 0 N–H and O–H groups in total. The lowest BCUT2D eigenvalue weighted by atomic mass is 9.98. The van der Waals surface area contributed by atoms with E-state index >= 15 is 0 Å². The second-order valence-corrected chi connectivity index (χ2v) is 11.9. The van der Waals surface area contributed by atoms with Gasteiger partial charge in [-0.05, 0) is 82.8 Å². The van der Waals surface area contributed by atoms with Crippen molar-refractivity contribution in [2.75, 3.05) is 4.90 Å². The minimum absolute atomic E-state index is 0.846. The second kappa shape index (κ2) is 10.5. The summed E-state index contributed by atoms with van der Waals surface area (Å²) in [5.41, 5.74) is 13.0. The summed E-state index contributed by atoms with van der Waals surface area (Å²) in [5, 5.41) is 2.29. The number of para-hydroxylation sites is 2. The molecule has 0 amide bonds. The van der Waals surface area contributed by atoms with Crippen LogP contribution in [0.3, 0.4) is 0 Å². The Morgan fingerprint density at radius 2 is 1.07 bits per heavy atom. The molecule has 0 unspecified atom stereocenters. The van der Waals surface area contributed by atoms with Gasteiger partial charge in [0.2, 0.25) is 0 Å². The summed E-state index contributed by atoms with van der Waals surface area (Å²) < 4.78 is 12.8. The van der Waals surface area contributed by atoms with E-state index in [0.717, 1.165) is 83.9 Å². The first-order chi connectivity index (χ1) is 22.7. The summed E-state index contributed by atoms with van der Waals surface area (Å²) in [6.07, 6.45) is 0. The standard InChI is InChI=1S/C43H29NO2/c1-28-14-24-38-41(26-28)45-42-27-33(29-8-3-2-4-9-29)21-25-39(42)44(38)34-22-19-31(20-23-34)30-15-17-32(18-16-30)35-11-7-12-37-36-10-5-6-13-40(36)46-43(35)37/h2-27H,1H3. The SMILES string of the molecule is Cc1ccc2c(c1)Oc1cc(-c3ccccc3)ccc1N2c1ccc(-c2ccc(-c3cccc4c3oc3ccccc34)cc2)cc1. The predicted octanol–water partition coefficient (Wildman–Crippen LogP) is 12.5. The van der Waals surface area contributed by atoms with Crippen LogP contribution in [0.4, 0.5) is 17.1 Å². The molecule has 1 aromatic heterocycles. The summed E-state index contributed by atoms with van der Waals surface area (Å²) in [6.45, 7) is 2.10. The molecular weight excluding hydrogens is 562 g/mol. The van der Waals surface area contributed by atoms with Gasteiger partial charge in [-0.25, -0.2) is 0 Å². The van der Waals surface area contributed by atoms with Gasteiger partial charge in [0.05, 0.1) is 11.4 Å². The first-order valence-corrected chi connectivity index (χ1v) is 15.6. The molecule has 9 rings (SSSR count). The van der Waals surface area contributed by atoms with E-state index in [2.05, 4.69) is 151 Å². The zero-order valence-electron chi connectivity index (χ0n) is 25.3. The van der Waals surface area contributed by atoms with Crippen LogP contribution in [0.5, 0.6) is 11.5 Å². The van der Waals surface area contributed by atoms with Crippen molar-refractivity contribution in [2.45, 2.75) is 6.92 Å². The number of nitrogens with zero attached hydrogens (tertiary/aromatic N) is 1. The minimum Gasteiger partial charge on any atom is -0.455 e. The molecule has 0 spiro atoms. The molecule has 8 aromatic rings. The highest BCUT2D eigenvalue weighted by molar-refractivity contribution is 6.09. The van der Waals surface area contributed by atoms with Crippen LogP contribution >= 0.6 is 0 Å². The zero-order valence-corrected chi connectivity index (χ0v) is 25.3. The largest absolute Gasteiger partial charge is 0.455 e. The number of aryl methyl sites for hydroxylation is 1. The number of rotatable bonds is 4. The fraction of sp³-hybridized carbons (Fsp3) is 0.0233. The van der Waals surface area contributed by atoms with Crippen LogP contribution in [0.1, 0.15) is 5.56 Å². The normalized spacial score (nSPS) is 12.2. The number of anilines is 3. The Morgan fingerprint density at radius 1 is 0.457 bits per heavy atom.